The molecule has 1 heterocycles. The predicted octanol–water partition coefficient (Wildman–Crippen LogP) is 1.10. The van der Waals surface area contributed by atoms with Gasteiger partial charge in [0.05, 0.1) is 23.1 Å². The summed E-state index contributed by atoms with van der Waals surface area (Å²) in [6.45, 7) is 3.57. The molecule has 1 aromatic carbocycles. The molecule has 18 heavy (non-hydrogen) atoms. The Morgan fingerprint density at radius 3 is 2.67 bits per heavy atom. The van der Waals surface area contributed by atoms with Gasteiger partial charge in [-0.3, -0.25) is 4.79 Å². The van der Waals surface area contributed by atoms with Gasteiger partial charge >= 0.3 is 0 Å². The van der Waals surface area contributed by atoms with E-state index in [1.165, 1.54) is 0 Å². The Morgan fingerprint density at radius 1 is 1.39 bits per heavy atom. The largest absolute Gasteiger partial charge is 0.345 e. The van der Waals surface area contributed by atoms with Gasteiger partial charge in [0, 0.05) is 7.05 Å². The number of carbonyl (C=O) groups is 1. The number of nitrogens with zero attached hydrogens (tertiary/aromatic N) is 2. The van der Waals surface area contributed by atoms with Crippen LogP contribution in [0, 0.1) is 0 Å². The van der Waals surface area contributed by atoms with Crippen molar-refractivity contribution in [3.63, 3.8) is 0 Å². The number of hydrogen-bond donors (Lipinski definition) is 2. The highest BCUT2D eigenvalue weighted by Gasteiger charge is 2.17. The van der Waals surface area contributed by atoms with Crippen molar-refractivity contribution in [1.82, 2.24) is 14.9 Å². The van der Waals surface area contributed by atoms with Crippen molar-refractivity contribution in [2.24, 2.45) is 12.8 Å². The van der Waals surface area contributed by atoms with E-state index in [-0.39, 0.29) is 11.9 Å². The second-order valence-corrected chi connectivity index (χ2v) is 4.54. The zero-order valence-electron chi connectivity index (χ0n) is 10.8. The average molecular weight is 246 g/mol. The molecule has 0 bridgehead atoms. The van der Waals surface area contributed by atoms with Crippen molar-refractivity contribution >= 4 is 16.9 Å². The molecular weight excluding hydrogens is 228 g/mol. The van der Waals surface area contributed by atoms with Crippen LogP contribution in [0.2, 0.25) is 0 Å². The molecule has 2 unspecified atom stereocenters. The summed E-state index contributed by atoms with van der Waals surface area (Å²) in [5.41, 5.74) is 7.51. The summed E-state index contributed by atoms with van der Waals surface area (Å²) in [5, 5.41) is 2.85. The molecular formula is C13H18N4O. The first-order valence-electron chi connectivity index (χ1n) is 5.98. The van der Waals surface area contributed by atoms with E-state index >= 15 is 0 Å². The third kappa shape index (κ3) is 2.22. The van der Waals surface area contributed by atoms with Gasteiger partial charge in [-0.2, -0.15) is 0 Å². The summed E-state index contributed by atoms with van der Waals surface area (Å²) in [4.78, 5) is 16.1. The van der Waals surface area contributed by atoms with Gasteiger partial charge in [-0.15, -0.1) is 0 Å². The highest BCUT2D eigenvalue weighted by atomic mass is 16.2. The molecule has 0 fully saturated rings. The number of imidazole rings is 1. The minimum Gasteiger partial charge on any atom is -0.345 e. The maximum absolute atomic E-state index is 11.6. The van der Waals surface area contributed by atoms with Crippen molar-refractivity contribution in [1.29, 1.82) is 0 Å². The van der Waals surface area contributed by atoms with Gasteiger partial charge in [-0.1, -0.05) is 12.1 Å². The average Bonchev–Trinajstić information content (AvgIpc) is 2.67. The summed E-state index contributed by atoms with van der Waals surface area (Å²) in [6.07, 6.45) is 0. The van der Waals surface area contributed by atoms with E-state index in [4.69, 9.17) is 5.73 Å². The molecule has 1 amide bonds. The Balaban J connectivity index is 2.30. The van der Waals surface area contributed by atoms with Crippen molar-refractivity contribution in [3.8, 4) is 0 Å². The summed E-state index contributed by atoms with van der Waals surface area (Å²) < 4.78 is 1.99. The molecule has 2 atom stereocenters. The molecule has 0 saturated heterocycles. The molecule has 96 valence electrons. The van der Waals surface area contributed by atoms with Crippen LogP contribution in [0.25, 0.3) is 11.0 Å². The number of carbonyl (C=O) groups excluding carboxylic acids is 1. The number of para-hydroxylation sites is 2. The number of fused-ring (bicyclic) bond motifs is 1. The third-order valence-corrected chi connectivity index (χ3v) is 2.98. The molecule has 0 aliphatic heterocycles. The lowest BCUT2D eigenvalue weighted by Crippen LogP contribution is -2.40. The Bertz CT molecular complexity index is 573. The van der Waals surface area contributed by atoms with Crippen molar-refractivity contribution in [2.45, 2.75) is 25.9 Å². The highest BCUT2D eigenvalue weighted by molar-refractivity contribution is 5.81. The Hall–Kier alpha value is -1.88. The van der Waals surface area contributed by atoms with Crippen LogP contribution in [0.4, 0.5) is 0 Å². The summed E-state index contributed by atoms with van der Waals surface area (Å²) >= 11 is 0. The summed E-state index contributed by atoms with van der Waals surface area (Å²) in [6, 6.07) is 7.21. The van der Waals surface area contributed by atoms with Crippen LogP contribution in [0.1, 0.15) is 25.7 Å². The van der Waals surface area contributed by atoms with E-state index in [1.807, 2.05) is 42.8 Å². The van der Waals surface area contributed by atoms with E-state index in [2.05, 4.69) is 10.3 Å². The molecule has 0 aliphatic carbocycles. The Labute approximate surface area is 106 Å². The lowest BCUT2D eigenvalue weighted by molar-refractivity contribution is -0.122. The van der Waals surface area contributed by atoms with Crippen LogP contribution in [0.15, 0.2) is 24.3 Å². The number of aromatic nitrogens is 2. The van der Waals surface area contributed by atoms with Gasteiger partial charge in [-0.25, -0.2) is 4.98 Å². The second kappa shape index (κ2) is 4.78. The first-order valence-corrected chi connectivity index (χ1v) is 5.98. The summed E-state index contributed by atoms with van der Waals surface area (Å²) in [7, 11) is 1.94. The molecule has 1 aromatic heterocycles. The molecule has 0 aliphatic rings. The zero-order chi connectivity index (χ0) is 13.3. The fourth-order valence-electron chi connectivity index (χ4n) is 1.96. The Kier molecular flexibility index (Phi) is 3.34. The highest BCUT2D eigenvalue weighted by Crippen LogP contribution is 2.18. The molecule has 5 nitrogen and oxygen atoms in total. The van der Waals surface area contributed by atoms with Gasteiger partial charge in [-0.05, 0) is 26.0 Å². The number of aryl methyl sites for hydroxylation is 1. The number of nitrogens with two attached hydrogens (primary N) is 1. The van der Waals surface area contributed by atoms with Crippen LogP contribution in [0.5, 0.6) is 0 Å². The van der Waals surface area contributed by atoms with Crippen LogP contribution in [-0.2, 0) is 11.8 Å². The van der Waals surface area contributed by atoms with Gasteiger partial charge in [0.25, 0.3) is 0 Å². The number of benzene rings is 1. The van der Waals surface area contributed by atoms with E-state index in [0.717, 1.165) is 16.9 Å². The molecule has 0 saturated carbocycles. The number of nitrogens with one attached hydrogen (secondary N) is 1. The van der Waals surface area contributed by atoms with E-state index < -0.39 is 6.04 Å². The van der Waals surface area contributed by atoms with Crippen LogP contribution in [0.3, 0.4) is 0 Å². The molecule has 3 N–H and O–H groups in total. The normalized spacial score (nSPS) is 14.4. The van der Waals surface area contributed by atoms with Crippen molar-refractivity contribution < 1.29 is 4.79 Å². The molecule has 5 heteroatoms. The predicted molar refractivity (Wildman–Crippen MR) is 70.9 cm³/mol. The molecule has 2 rings (SSSR count). The molecule has 0 radical (unpaired) electrons. The minimum atomic E-state index is -0.512. The standard InChI is InChI=1S/C13H18N4O/c1-8(14)13(18)15-9(2)12-16-10-6-4-5-7-11(10)17(12)3/h4-9H,14H2,1-3H3,(H,15,18). The van der Waals surface area contributed by atoms with E-state index in [0.29, 0.717) is 0 Å². The van der Waals surface area contributed by atoms with Gasteiger partial charge < -0.3 is 15.6 Å². The maximum Gasteiger partial charge on any atom is 0.237 e. The van der Waals surface area contributed by atoms with Crippen LogP contribution < -0.4 is 11.1 Å². The van der Waals surface area contributed by atoms with Gasteiger partial charge in [0.15, 0.2) is 0 Å². The minimum absolute atomic E-state index is 0.166. The van der Waals surface area contributed by atoms with Gasteiger partial charge in [0.2, 0.25) is 5.91 Å². The smallest absolute Gasteiger partial charge is 0.237 e. The van der Waals surface area contributed by atoms with E-state index in [9.17, 15) is 4.79 Å². The SMILES string of the molecule is CC(N)C(=O)NC(C)c1nc2ccccc2n1C. The lowest BCUT2D eigenvalue weighted by Gasteiger charge is -2.15. The van der Waals surface area contributed by atoms with Gasteiger partial charge in [0.1, 0.15) is 5.82 Å². The maximum atomic E-state index is 11.6. The van der Waals surface area contributed by atoms with E-state index in [1.54, 1.807) is 6.92 Å². The fraction of sp³-hybridized carbons (Fsp3) is 0.385. The lowest BCUT2D eigenvalue weighted by atomic mass is 10.2. The molecule has 0 spiro atoms. The number of hydrogen-bond acceptors (Lipinski definition) is 3. The number of amides is 1. The van der Waals surface area contributed by atoms with Crippen molar-refractivity contribution in [3.05, 3.63) is 30.1 Å². The number of rotatable bonds is 3. The van der Waals surface area contributed by atoms with Crippen LogP contribution in [-0.4, -0.2) is 21.5 Å². The monoisotopic (exact) mass is 246 g/mol. The third-order valence-electron chi connectivity index (χ3n) is 2.98. The van der Waals surface area contributed by atoms with Crippen molar-refractivity contribution in [2.75, 3.05) is 0 Å². The summed E-state index contributed by atoms with van der Waals surface area (Å²) in [5.74, 6) is 0.653. The second-order valence-electron chi connectivity index (χ2n) is 4.54. The van der Waals surface area contributed by atoms with Crippen LogP contribution >= 0.6 is 0 Å². The topological polar surface area (TPSA) is 72.9 Å². The Morgan fingerprint density at radius 2 is 2.06 bits per heavy atom. The fourth-order valence-corrected chi connectivity index (χ4v) is 1.96. The first-order chi connectivity index (χ1) is 8.50. The quantitative estimate of drug-likeness (QED) is 0.851. The zero-order valence-corrected chi connectivity index (χ0v) is 10.8. The first kappa shape index (κ1) is 12.6. The molecule has 2 aromatic rings.